The van der Waals surface area contributed by atoms with Crippen LogP contribution in [0.15, 0.2) is 29.5 Å². The molecular formula is C16H28N4O2. The molecule has 22 heavy (non-hydrogen) atoms. The molecule has 2 rings (SSSR count). The molecule has 6 heteroatoms. The molecule has 1 aromatic heterocycles. The van der Waals surface area contributed by atoms with Crippen molar-refractivity contribution in [3.05, 3.63) is 24.5 Å². The van der Waals surface area contributed by atoms with Crippen LogP contribution in [0.2, 0.25) is 0 Å². The average molecular weight is 308 g/mol. The van der Waals surface area contributed by atoms with Gasteiger partial charge in [0.2, 0.25) is 0 Å². The zero-order valence-electron chi connectivity index (χ0n) is 13.4. The molecule has 0 atom stereocenters. The summed E-state index contributed by atoms with van der Waals surface area (Å²) in [6.45, 7) is 6.83. The van der Waals surface area contributed by atoms with E-state index in [-0.39, 0.29) is 12.0 Å². The number of hydrogen-bond acceptors (Lipinski definition) is 3. The predicted molar refractivity (Wildman–Crippen MR) is 88.0 cm³/mol. The van der Waals surface area contributed by atoms with Crippen molar-refractivity contribution < 1.29 is 9.84 Å². The first-order chi connectivity index (χ1) is 10.8. The van der Waals surface area contributed by atoms with Crippen molar-refractivity contribution in [2.45, 2.75) is 26.3 Å². The lowest BCUT2D eigenvalue weighted by molar-refractivity contribution is -0.0106. The lowest BCUT2D eigenvalue weighted by Crippen LogP contribution is -2.41. The van der Waals surface area contributed by atoms with E-state index in [1.54, 1.807) is 0 Å². The Labute approximate surface area is 132 Å². The number of aliphatic hydroxyl groups excluding tert-OH is 1. The maximum absolute atomic E-state index is 9.72. The number of aromatic nitrogens is 1. The molecule has 2 heterocycles. The van der Waals surface area contributed by atoms with Gasteiger partial charge in [0.15, 0.2) is 5.96 Å². The number of nitrogens with zero attached hydrogens (tertiary/aromatic N) is 2. The van der Waals surface area contributed by atoms with E-state index in [0.29, 0.717) is 19.8 Å². The van der Waals surface area contributed by atoms with Gasteiger partial charge in [0.25, 0.3) is 0 Å². The van der Waals surface area contributed by atoms with Crippen molar-refractivity contribution >= 4 is 5.96 Å². The summed E-state index contributed by atoms with van der Waals surface area (Å²) < 4.78 is 7.52. The fourth-order valence-electron chi connectivity index (χ4n) is 2.58. The first-order valence-electron chi connectivity index (χ1n) is 8.09. The van der Waals surface area contributed by atoms with Gasteiger partial charge in [0.1, 0.15) is 0 Å². The molecule has 0 aliphatic carbocycles. The van der Waals surface area contributed by atoms with Gasteiger partial charge in [-0.15, -0.1) is 0 Å². The molecule has 124 valence electrons. The topological polar surface area (TPSA) is 70.8 Å². The van der Waals surface area contributed by atoms with Crippen LogP contribution in [-0.2, 0) is 11.3 Å². The minimum Gasteiger partial charge on any atom is -0.396 e. The number of hydrogen-bond donors (Lipinski definition) is 3. The lowest BCUT2D eigenvalue weighted by Gasteiger charge is -2.34. The SMILES string of the molecule is CCNC(=NCC1(CO)CCOCC1)NCCn1cccc1. The number of nitrogens with one attached hydrogen (secondary N) is 2. The molecule has 0 spiro atoms. The second kappa shape index (κ2) is 8.80. The van der Waals surface area contributed by atoms with Crippen LogP contribution < -0.4 is 10.6 Å². The van der Waals surface area contributed by atoms with Crippen LogP contribution in [0, 0.1) is 5.41 Å². The summed E-state index contributed by atoms with van der Waals surface area (Å²) in [5.74, 6) is 0.814. The van der Waals surface area contributed by atoms with E-state index < -0.39 is 0 Å². The summed E-state index contributed by atoms with van der Waals surface area (Å²) in [6, 6.07) is 4.05. The van der Waals surface area contributed by atoms with Gasteiger partial charge >= 0.3 is 0 Å². The van der Waals surface area contributed by atoms with E-state index in [2.05, 4.69) is 39.5 Å². The van der Waals surface area contributed by atoms with E-state index in [4.69, 9.17) is 4.74 Å². The highest BCUT2D eigenvalue weighted by atomic mass is 16.5. The third-order valence-electron chi connectivity index (χ3n) is 4.13. The number of ether oxygens (including phenoxy) is 1. The minimum atomic E-state index is -0.124. The summed E-state index contributed by atoms with van der Waals surface area (Å²) in [6.07, 6.45) is 5.84. The largest absolute Gasteiger partial charge is 0.396 e. The molecule has 1 fully saturated rings. The van der Waals surface area contributed by atoms with E-state index in [1.807, 2.05) is 12.1 Å². The second-order valence-corrected chi connectivity index (χ2v) is 5.81. The fourth-order valence-corrected chi connectivity index (χ4v) is 2.58. The van der Waals surface area contributed by atoms with Gasteiger partial charge in [-0.05, 0) is 31.9 Å². The third kappa shape index (κ3) is 5.03. The predicted octanol–water partition coefficient (Wildman–Crippen LogP) is 0.832. The van der Waals surface area contributed by atoms with Crippen molar-refractivity contribution in [2.24, 2.45) is 10.4 Å². The van der Waals surface area contributed by atoms with Gasteiger partial charge in [0.05, 0.1) is 13.2 Å². The Morgan fingerprint density at radius 3 is 2.64 bits per heavy atom. The molecule has 0 unspecified atom stereocenters. The number of aliphatic hydroxyl groups is 1. The van der Waals surface area contributed by atoms with Crippen LogP contribution in [0.3, 0.4) is 0 Å². The Morgan fingerprint density at radius 1 is 1.27 bits per heavy atom. The molecule has 0 amide bonds. The van der Waals surface area contributed by atoms with Crippen LogP contribution in [-0.4, -0.2) is 55.1 Å². The first kappa shape index (κ1) is 16.8. The van der Waals surface area contributed by atoms with E-state index in [9.17, 15) is 5.11 Å². The van der Waals surface area contributed by atoms with Gasteiger partial charge in [-0.3, -0.25) is 4.99 Å². The third-order valence-corrected chi connectivity index (χ3v) is 4.13. The van der Waals surface area contributed by atoms with E-state index in [1.165, 1.54) is 0 Å². The molecule has 3 N–H and O–H groups in total. The van der Waals surface area contributed by atoms with Gasteiger partial charge in [0, 0.05) is 50.7 Å². The Morgan fingerprint density at radius 2 is 2.00 bits per heavy atom. The van der Waals surface area contributed by atoms with Crippen molar-refractivity contribution in [2.75, 3.05) is 39.5 Å². The molecule has 6 nitrogen and oxygen atoms in total. The summed E-state index contributed by atoms with van der Waals surface area (Å²) in [7, 11) is 0. The van der Waals surface area contributed by atoms with Gasteiger partial charge in [-0.2, -0.15) is 0 Å². The summed E-state index contributed by atoms with van der Waals surface area (Å²) >= 11 is 0. The van der Waals surface area contributed by atoms with Gasteiger partial charge in [-0.1, -0.05) is 0 Å². The molecular weight excluding hydrogens is 280 g/mol. The van der Waals surface area contributed by atoms with E-state index in [0.717, 1.165) is 38.4 Å². The number of rotatable bonds is 7. The molecule has 0 aromatic carbocycles. The Hall–Kier alpha value is -1.53. The van der Waals surface area contributed by atoms with Crippen LogP contribution in [0.4, 0.5) is 0 Å². The molecule has 1 aliphatic heterocycles. The van der Waals surface area contributed by atoms with E-state index >= 15 is 0 Å². The van der Waals surface area contributed by atoms with Gasteiger partial charge < -0.3 is 25.0 Å². The smallest absolute Gasteiger partial charge is 0.191 e. The highest BCUT2D eigenvalue weighted by Crippen LogP contribution is 2.30. The zero-order valence-corrected chi connectivity index (χ0v) is 13.4. The Kier molecular flexibility index (Phi) is 6.74. The second-order valence-electron chi connectivity index (χ2n) is 5.81. The van der Waals surface area contributed by atoms with Crippen molar-refractivity contribution in [3.63, 3.8) is 0 Å². The molecule has 0 bridgehead atoms. The standard InChI is InChI=1S/C16H28N4O2/c1-2-17-15(18-7-10-20-8-3-4-9-20)19-13-16(14-21)5-11-22-12-6-16/h3-4,8-9,21H,2,5-7,10-14H2,1H3,(H2,17,18,19). The quantitative estimate of drug-likeness (QED) is 0.515. The Bertz CT molecular complexity index is 439. The number of aliphatic imine (C=N–C) groups is 1. The van der Waals surface area contributed by atoms with Crippen molar-refractivity contribution in [3.8, 4) is 0 Å². The normalized spacial score (nSPS) is 18.2. The molecule has 0 saturated carbocycles. The van der Waals surface area contributed by atoms with Gasteiger partial charge in [-0.25, -0.2) is 0 Å². The summed E-state index contributed by atoms with van der Waals surface area (Å²) in [5.41, 5.74) is -0.124. The average Bonchev–Trinajstić information content (AvgIpc) is 3.07. The van der Waals surface area contributed by atoms with Crippen molar-refractivity contribution in [1.29, 1.82) is 0 Å². The highest BCUT2D eigenvalue weighted by Gasteiger charge is 2.31. The van der Waals surface area contributed by atoms with Crippen LogP contribution in [0.5, 0.6) is 0 Å². The summed E-state index contributed by atoms with van der Waals surface area (Å²) in [4.78, 5) is 4.67. The number of guanidine groups is 1. The highest BCUT2D eigenvalue weighted by molar-refractivity contribution is 5.79. The monoisotopic (exact) mass is 308 g/mol. The maximum atomic E-state index is 9.72. The molecule has 1 aromatic rings. The minimum absolute atomic E-state index is 0.124. The first-order valence-corrected chi connectivity index (χ1v) is 8.09. The molecule has 1 saturated heterocycles. The molecule has 1 aliphatic rings. The van der Waals surface area contributed by atoms with Crippen LogP contribution >= 0.6 is 0 Å². The van der Waals surface area contributed by atoms with Crippen LogP contribution in [0.25, 0.3) is 0 Å². The lowest BCUT2D eigenvalue weighted by atomic mass is 9.81. The van der Waals surface area contributed by atoms with Crippen LogP contribution in [0.1, 0.15) is 19.8 Å². The summed E-state index contributed by atoms with van der Waals surface area (Å²) in [5, 5.41) is 16.3. The zero-order chi connectivity index (χ0) is 15.7. The molecule has 0 radical (unpaired) electrons. The maximum Gasteiger partial charge on any atom is 0.191 e. The fraction of sp³-hybridized carbons (Fsp3) is 0.688. The van der Waals surface area contributed by atoms with Crippen molar-refractivity contribution in [1.82, 2.24) is 15.2 Å². The Balaban J connectivity index is 1.85.